The lowest BCUT2D eigenvalue weighted by Crippen LogP contribution is -2.34. The van der Waals surface area contributed by atoms with Crippen LogP contribution in [0.2, 0.25) is 0 Å². The van der Waals surface area contributed by atoms with Crippen LogP contribution in [0.5, 0.6) is 11.5 Å². The van der Waals surface area contributed by atoms with E-state index in [1.165, 1.54) is 7.11 Å². The summed E-state index contributed by atoms with van der Waals surface area (Å²) in [7, 11) is 1.45. The molecule has 1 unspecified atom stereocenters. The first kappa shape index (κ1) is 11.8. The lowest BCUT2D eigenvalue weighted by molar-refractivity contribution is -0.144. The molecule has 0 bridgehead atoms. The zero-order valence-corrected chi connectivity index (χ0v) is 9.93. The van der Waals surface area contributed by atoms with Gasteiger partial charge in [0.2, 0.25) is 0 Å². The maximum atomic E-state index is 11.5. The second-order valence-electron chi connectivity index (χ2n) is 4.64. The van der Waals surface area contributed by atoms with E-state index >= 15 is 0 Å². The summed E-state index contributed by atoms with van der Waals surface area (Å²) in [5.41, 5.74) is -0.592. The van der Waals surface area contributed by atoms with Gasteiger partial charge in [0.15, 0.2) is 11.5 Å². The van der Waals surface area contributed by atoms with E-state index in [9.17, 15) is 15.0 Å². The molecule has 0 saturated heterocycles. The van der Waals surface area contributed by atoms with E-state index in [2.05, 4.69) is 0 Å². The van der Waals surface area contributed by atoms with Gasteiger partial charge < -0.3 is 14.9 Å². The number of phenolic OH excluding ortho intramolecular Hbond substituents is 1. The van der Waals surface area contributed by atoms with Crippen LogP contribution in [0.15, 0.2) is 18.2 Å². The third kappa shape index (κ3) is 1.73. The summed E-state index contributed by atoms with van der Waals surface area (Å²) in [6.45, 7) is 1.67. The van der Waals surface area contributed by atoms with E-state index in [4.69, 9.17) is 4.74 Å². The third-order valence-corrected chi connectivity index (χ3v) is 3.62. The monoisotopic (exact) mass is 236 g/mol. The van der Waals surface area contributed by atoms with Crippen molar-refractivity contribution in [1.82, 2.24) is 0 Å². The molecular weight excluding hydrogens is 220 g/mol. The fraction of sp³-hybridized carbons (Fsp3) is 0.462. The molecule has 1 aromatic carbocycles. The Bertz CT molecular complexity index is 451. The molecule has 1 aliphatic rings. The van der Waals surface area contributed by atoms with Crippen LogP contribution in [0.1, 0.15) is 25.3 Å². The molecule has 1 saturated carbocycles. The van der Waals surface area contributed by atoms with Gasteiger partial charge in [0.1, 0.15) is 0 Å². The van der Waals surface area contributed by atoms with Gasteiger partial charge in [-0.3, -0.25) is 4.79 Å². The van der Waals surface area contributed by atoms with Crippen molar-refractivity contribution in [2.24, 2.45) is 5.92 Å². The van der Waals surface area contributed by atoms with Crippen molar-refractivity contribution in [3.8, 4) is 11.5 Å². The van der Waals surface area contributed by atoms with E-state index in [-0.39, 0.29) is 11.7 Å². The number of carbonyl (C=O) groups is 1. The Morgan fingerprint density at radius 1 is 1.47 bits per heavy atom. The fourth-order valence-corrected chi connectivity index (χ4v) is 2.28. The first-order valence-corrected chi connectivity index (χ1v) is 5.61. The van der Waals surface area contributed by atoms with E-state index in [1.807, 2.05) is 0 Å². The quantitative estimate of drug-likeness (QED) is 0.840. The van der Waals surface area contributed by atoms with E-state index in [0.29, 0.717) is 11.3 Å². The van der Waals surface area contributed by atoms with Crippen LogP contribution in [-0.2, 0) is 10.2 Å². The van der Waals surface area contributed by atoms with Crippen LogP contribution in [0.3, 0.4) is 0 Å². The predicted molar refractivity (Wildman–Crippen MR) is 62.4 cm³/mol. The minimum atomic E-state index is -1.03. The summed E-state index contributed by atoms with van der Waals surface area (Å²) < 4.78 is 5.02. The Labute approximate surface area is 99.8 Å². The number of para-hydroxylation sites is 1. The van der Waals surface area contributed by atoms with E-state index in [0.717, 1.165) is 12.8 Å². The Balaban J connectivity index is 2.54. The molecule has 0 radical (unpaired) electrons. The normalized spacial score (nSPS) is 18.5. The van der Waals surface area contributed by atoms with Gasteiger partial charge in [0, 0.05) is 5.56 Å². The van der Waals surface area contributed by atoms with Crippen molar-refractivity contribution in [2.75, 3.05) is 7.11 Å². The van der Waals surface area contributed by atoms with Crippen LogP contribution in [-0.4, -0.2) is 23.3 Å². The van der Waals surface area contributed by atoms with Gasteiger partial charge in [0.25, 0.3) is 0 Å². The Kier molecular flexibility index (Phi) is 2.73. The molecular formula is C13H16O4. The second kappa shape index (κ2) is 3.95. The Morgan fingerprint density at radius 3 is 2.59 bits per heavy atom. The molecule has 1 atom stereocenters. The van der Waals surface area contributed by atoms with Crippen LogP contribution >= 0.6 is 0 Å². The van der Waals surface area contributed by atoms with E-state index < -0.39 is 11.4 Å². The van der Waals surface area contributed by atoms with Crippen LogP contribution in [0.4, 0.5) is 0 Å². The van der Waals surface area contributed by atoms with Crippen molar-refractivity contribution < 1.29 is 19.7 Å². The maximum absolute atomic E-state index is 11.5. The number of carboxylic acid groups (broad SMARTS) is 1. The van der Waals surface area contributed by atoms with Gasteiger partial charge in [0.05, 0.1) is 12.5 Å². The molecule has 1 aromatic rings. The minimum absolute atomic E-state index is 0.0631. The van der Waals surface area contributed by atoms with Gasteiger partial charge >= 0.3 is 5.97 Å². The van der Waals surface area contributed by atoms with Crippen molar-refractivity contribution in [3.05, 3.63) is 23.8 Å². The van der Waals surface area contributed by atoms with Crippen molar-refractivity contribution in [2.45, 2.75) is 25.2 Å². The van der Waals surface area contributed by atoms with Crippen LogP contribution < -0.4 is 4.74 Å². The number of rotatable bonds is 4. The van der Waals surface area contributed by atoms with Crippen molar-refractivity contribution in [1.29, 1.82) is 0 Å². The number of aliphatic carboxylic acids is 1. The number of benzene rings is 1. The van der Waals surface area contributed by atoms with Gasteiger partial charge in [-0.15, -0.1) is 0 Å². The van der Waals surface area contributed by atoms with Crippen molar-refractivity contribution >= 4 is 5.97 Å². The van der Waals surface area contributed by atoms with Crippen molar-refractivity contribution in [3.63, 3.8) is 0 Å². The number of hydrogen-bond acceptors (Lipinski definition) is 3. The Hall–Kier alpha value is -1.71. The topological polar surface area (TPSA) is 66.8 Å². The first-order chi connectivity index (χ1) is 8.01. The molecule has 2 N–H and O–H groups in total. The second-order valence-corrected chi connectivity index (χ2v) is 4.64. The average Bonchev–Trinajstić information content (AvgIpc) is 3.12. The SMILES string of the molecule is COc1cccc(C(C)(C(=O)O)C2CC2)c1O. The lowest BCUT2D eigenvalue weighted by Gasteiger charge is -2.26. The molecule has 0 amide bonds. The van der Waals surface area contributed by atoms with Gasteiger partial charge in [-0.2, -0.15) is 0 Å². The summed E-state index contributed by atoms with van der Waals surface area (Å²) >= 11 is 0. The molecule has 1 fully saturated rings. The van der Waals surface area contributed by atoms with Gasteiger partial charge in [-0.05, 0) is 31.7 Å². The molecule has 0 heterocycles. The average molecular weight is 236 g/mol. The lowest BCUT2D eigenvalue weighted by atomic mass is 9.77. The number of carboxylic acids is 1. The largest absolute Gasteiger partial charge is 0.504 e. The highest BCUT2D eigenvalue weighted by Gasteiger charge is 2.50. The Morgan fingerprint density at radius 2 is 2.12 bits per heavy atom. The molecule has 17 heavy (non-hydrogen) atoms. The number of methoxy groups -OCH3 is 1. The predicted octanol–water partition coefficient (Wildman–Crippen LogP) is 2.15. The zero-order chi connectivity index (χ0) is 12.6. The number of ether oxygens (including phenoxy) is 1. The molecule has 1 aliphatic carbocycles. The molecule has 0 spiro atoms. The summed E-state index contributed by atoms with van der Waals surface area (Å²) in [4.78, 5) is 11.5. The first-order valence-electron chi connectivity index (χ1n) is 5.61. The molecule has 92 valence electrons. The molecule has 0 aromatic heterocycles. The molecule has 2 rings (SSSR count). The summed E-state index contributed by atoms with van der Waals surface area (Å²) in [5.74, 6) is -0.552. The van der Waals surface area contributed by atoms with Crippen LogP contribution in [0, 0.1) is 5.92 Å². The summed E-state index contributed by atoms with van der Waals surface area (Å²) in [5, 5.41) is 19.5. The highest BCUT2D eigenvalue weighted by Crippen LogP contribution is 2.51. The van der Waals surface area contributed by atoms with Gasteiger partial charge in [-0.1, -0.05) is 12.1 Å². The molecule has 0 aliphatic heterocycles. The molecule has 4 nitrogen and oxygen atoms in total. The summed E-state index contributed by atoms with van der Waals surface area (Å²) in [6, 6.07) is 4.98. The highest BCUT2D eigenvalue weighted by molar-refractivity contribution is 5.83. The third-order valence-electron chi connectivity index (χ3n) is 3.62. The highest BCUT2D eigenvalue weighted by atomic mass is 16.5. The molecule has 4 heteroatoms. The zero-order valence-electron chi connectivity index (χ0n) is 9.93. The van der Waals surface area contributed by atoms with Gasteiger partial charge in [-0.25, -0.2) is 0 Å². The van der Waals surface area contributed by atoms with E-state index in [1.54, 1.807) is 25.1 Å². The maximum Gasteiger partial charge on any atom is 0.314 e. The minimum Gasteiger partial charge on any atom is -0.504 e. The standard InChI is InChI=1S/C13H16O4/c1-13(12(15)16,8-6-7-8)9-4-3-5-10(17-2)11(9)14/h3-5,8,14H,6-7H2,1-2H3,(H,15,16). The summed E-state index contributed by atoms with van der Waals surface area (Å²) in [6.07, 6.45) is 1.78. The number of phenols is 1. The fourth-order valence-electron chi connectivity index (χ4n) is 2.28. The number of hydrogen-bond donors (Lipinski definition) is 2. The number of aromatic hydroxyl groups is 1. The smallest absolute Gasteiger partial charge is 0.314 e. The van der Waals surface area contributed by atoms with Crippen LogP contribution in [0.25, 0.3) is 0 Å².